The Morgan fingerprint density at radius 2 is 2.00 bits per heavy atom. The average molecular weight is 567 g/mol. The van der Waals surface area contributed by atoms with Gasteiger partial charge in [0.05, 0.1) is 42.3 Å². The van der Waals surface area contributed by atoms with Crippen LogP contribution in [-0.4, -0.2) is 59.3 Å². The molecule has 5 rings (SSSR count). The van der Waals surface area contributed by atoms with E-state index in [1.165, 1.54) is 12.1 Å². The molecule has 10 nitrogen and oxygen atoms in total. The summed E-state index contributed by atoms with van der Waals surface area (Å²) >= 11 is 1.65. The van der Waals surface area contributed by atoms with Gasteiger partial charge in [-0.05, 0) is 55.1 Å². The van der Waals surface area contributed by atoms with Crippen molar-refractivity contribution in [3.63, 3.8) is 0 Å². The summed E-state index contributed by atoms with van der Waals surface area (Å²) in [7, 11) is 1.63. The van der Waals surface area contributed by atoms with Crippen LogP contribution in [0.2, 0.25) is 0 Å². The molecule has 0 bridgehead atoms. The van der Waals surface area contributed by atoms with Crippen molar-refractivity contribution in [3.05, 3.63) is 70.6 Å². The molecule has 3 N–H and O–H groups in total. The highest BCUT2D eigenvalue weighted by Crippen LogP contribution is 2.35. The summed E-state index contributed by atoms with van der Waals surface area (Å²) in [6.45, 7) is 3.79. The Labute approximate surface area is 235 Å². The molecule has 1 amide bonds. The van der Waals surface area contributed by atoms with Gasteiger partial charge in [-0.25, -0.2) is 19.3 Å². The van der Waals surface area contributed by atoms with E-state index in [1.807, 2.05) is 17.5 Å². The summed E-state index contributed by atoms with van der Waals surface area (Å²) in [6, 6.07) is 11.9. The number of imidazole rings is 1. The Hall–Kier alpha value is -3.71. The number of carbonyl (C=O) groups excluding carboxylic acids is 1. The van der Waals surface area contributed by atoms with Gasteiger partial charge in [0.2, 0.25) is 18.1 Å². The second kappa shape index (κ2) is 12.6. The van der Waals surface area contributed by atoms with E-state index in [-0.39, 0.29) is 24.9 Å². The van der Waals surface area contributed by atoms with Crippen LogP contribution < -0.4 is 10.6 Å². The van der Waals surface area contributed by atoms with E-state index in [2.05, 4.69) is 25.6 Å². The Bertz CT molecular complexity index is 1400. The lowest BCUT2D eigenvalue weighted by atomic mass is 9.91. The van der Waals surface area contributed by atoms with Crippen LogP contribution in [0, 0.1) is 11.2 Å². The molecule has 0 spiro atoms. The monoisotopic (exact) mass is 566 g/mol. The second-order valence-electron chi connectivity index (χ2n) is 9.67. The fourth-order valence-corrected chi connectivity index (χ4v) is 4.84. The van der Waals surface area contributed by atoms with Gasteiger partial charge in [-0.3, -0.25) is 4.79 Å². The molecule has 1 aliphatic heterocycles. The first-order valence-corrected chi connectivity index (χ1v) is 13.8. The lowest BCUT2D eigenvalue weighted by Gasteiger charge is -2.35. The highest BCUT2D eigenvalue weighted by atomic mass is 32.1. The van der Waals surface area contributed by atoms with Crippen molar-refractivity contribution in [1.29, 1.82) is 0 Å². The quantitative estimate of drug-likeness (QED) is 0.226. The van der Waals surface area contributed by atoms with Gasteiger partial charge in [0, 0.05) is 36.9 Å². The lowest BCUT2D eigenvalue weighted by molar-refractivity contribution is -0.231. The molecule has 4 heterocycles. The number of aromatic amines is 1. The minimum atomic E-state index is -0.839. The van der Waals surface area contributed by atoms with Crippen molar-refractivity contribution in [1.82, 2.24) is 25.3 Å². The molecule has 0 atom stereocenters. The Balaban J connectivity index is 1.36. The molecule has 4 aromatic rings. The summed E-state index contributed by atoms with van der Waals surface area (Å²) in [5, 5.41) is 8.18. The van der Waals surface area contributed by atoms with Crippen LogP contribution in [0.3, 0.4) is 0 Å². The highest BCUT2D eigenvalue weighted by molar-refractivity contribution is 7.09. The summed E-state index contributed by atoms with van der Waals surface area (Å²) in [5.41, 5.74) is 1.63. The molecule has 1 saturated heterocycles. The zero-order chi connectivity index (χ0) is 28.0. The van der Waals surface area contributed by atoms with Crippen molar-refractivity contribution >= 4 is 23.2 Å². The molecule has 210 valence electrons. The second-order valence-corrected chi connectivity index (χ2v) is 10.7. The molecule has 1 aliphatic rings. The first kappa shape index (κ1) is 27.8. The van der Waals surface area contributed by atoms with Crippen LogP contribution in [-0.2, 0) is 25.5 Å². The third-order valence-electron chi connectivity index (χ3n) is 6.44. The maximum Gasteiger partial charge on any atom is 0.230 e. The Morgan fingerprint density at radius 1 is 1.20 bits per heavy atom. The SMILES string of the molecule is COCCCNC(=O)C1(C)COC(c2nc(-c3ccc(F)cc3)c(-c3ccnc(NCc4cccs4)n3)[nH]2)OC1. The third kappa shape index (κ3) is 6.53. The van der Waals surface area contributed by atoms with Crippen LogP contribution in [0.25, 0.3) is 22.6 Å². The minimum absolute atomic E-state index is 0.141. The maximum atomic E-state index is 13.7. The topological polar surface area (TPSA) is 123 Å². The Morgan fingerprint density at radius 3 is 2.73 bits per heavy atom. The van der Waals surface area contributed by atoms with Gasteiger partial charge in [0.25, 0.3) is 0 Å². The number of anilines is 1. The van der Waals surface area contributed by atoms with E-state index in [4.69, 9.17) is 19.2 Å². The number of methoxy groups -OCH3 is 1. The molecule has 40 heavy (non-hydrogen) atoms. The summed E-state index contributed by atoms with van der Waals surface area (Å²) in [6.07, 6.45) is 1.57. The molecular weight excluding hydrogens is 535 g/mol. The number of hydrogen-bond donors (Lipinski definition) is 3. The molecule has 0 aliphatic carbocycles. The van der Waals surface area contributed by atoms with Crippen LogP contribution in [0.1, 0.15) is 30.3 Å². The molecule has 0 radical (unpaired) electrons. The van der Waals surface area contributed by atoms with E-state index < -0.39 is 11.7 Å². The van der Waals surface area contributed by atoms with Crippen LogP contribution >= 0.6 is 11.3 Å². The highest BCUT2D eigenvalue weighted by Gasteiger charge is 2.40. The van der Waals surface area contributed by atoms with Gasteiger partial charge in [-0.2, -0.15) is 0 Å². The third-order valence-corrected chi connectivity index (χ3v) is 7.32. The largest absolute Gasteiger partial charge is 0.385 e. The maximum absolute atomic E-state index is 13.7. The zero-order valence-electron chi connectivity index (χ0n) is 22.3. The molecule has 1 aromatic carbocycles. The fourth-order valence-electron chi connectivity index (χ4n) is 4.20. The number of hydrogen-bond acceptors (Lipinski definition) is 9. The number of nitrogens with zero attached hydrogens (tertiary/aromatic N) is 3. The van der Waals surface area contributed by atoms with Gasteiger partial charge >= 0.3 is 0 Å². The lowest BCUT2D eigenvalue weighted by Crippen LogP contribution is -2.48. The van der Waals surface area contributed by atoms with E-state index in [0.29, 0.717) is 54.1 Å². The van der Waals surface area contributed by atoms with Crippen LogP contribution in [0.5, 0.6) is 0 Å². The fraction of sp³-hybridized carbons (Fsp3) is 0.357. The van der Waals surface area contributed by atoms with Crippen LogP contribution in [0.4, 0.5) is 10.3 Å². The van der Waals surface area contributed by atoms with Crippen molar-refractivity contribution in [2.45, 2.75) is 26.2 Å². The normalized spacial score (nSPS) is 18.9. The van der Waals surface area contributed by atoms with Gasteiger partial charge in [0.1, 0.15) is 5.82 Å². The van der Waals surface area contributed by atoms with Crippen molar-refractivity contribution in [2.24, 2.45) is 5.41 Å². The van der Waals surface area contributed by atoms with Crippen molar-refractivity contribution in [2.75, 3.05) is 38.8 Å². The van der Waals surface area contributed by atoms with Gasteiger partial charge in [-0.15, -0.1) is 11.3 Å². The average Bonchev–Trinajstić information content (AvgIpc) is 3.66. The number of halogens is 1. The number of ether oxygens (including phenoxy) is 3. The summed E-state index contributed by atoms with van der Waals surface area (Å²) in [5.74, 6) is 0.396. The number of amides is 1. The smallest absolute Gasteiger partial charge is 0.230 e. The van der Waals surface area contributed by atoms with E-state index in [0.717, 1.165) is 11.3 Å². The minimum Gasteiger partial charge on any atom is -0.385 e. The van der Waals surface area contributed by atoms with Crippen molar-refractivity contribution < 1.29 is 23.4 Å². The number of rotatable bonds is 11. The molecule has 3 aromatic heterocycles. The number of carbonyl (C=O) groups is 1. The van der Waals surface area contributed by atoms with Gasteiger partial charge in [-0.1, -0.05) is 6.07 Å². The standard InChI is InChI=1S/C28H31FN6O4S/c1-28(26(36)30-11-4-13-37-2)16-38-25(39-17-28)24-34-22(18-6-8-19(29)9-7-18)23(35-24)21-10-12-31-27(33-21)32-15-20-5-3-14-40-20/h3,5-10,12,14,25H,4,11,13,15-17H2,1-2H3,(H,30,36)(H,34,35)(H,31,32,33). The number of aromatic nitrogens is 4. The van der Waals surface area contributed by atoms with E-state index in [1.54, 1.807) is 49.8 Å². The predicted octanol–water partition coefficient (Wildman–Crippen LogP) is 4.55. The van der Waals surface area contributed by atoms with Crippen LogP contribution in [0.15, 0.2) is 54.0 Å². The molecule has 0 unspecified atom stereocenters. The number of benzene rings is 1. The van der Waals surface area contributed by atoms with Crippen molar-refractivity contribution in [3.8, 4) is 22.6 Å². The number of nitrogens with one attached hydrogen (secondary N) is 3. The Kier molecular flexibility index (Phi) is 8.80. The first-order valence-electron chi connectivity index (χ1n) is 12.9. The zero-order valence-corrected chi connectivity index (χ0v) is 23.1. The summed E-state index contributed by atoms with van der Waals surface area (Å²) < 4.78 is 30.7. The predicted molar refractivity (Wildman–Crippen MR) is 149 cm³/mol. The van der Waals surface area contributed by atoms with Gasteiger partial charge in [0.15, 0.2) is 5.82 Å². The van der Waals surface area contributed by atoms with E-state index >= 15 is 0 Å². The summed E-state index contributed by atoms with van der Waals surface area (Å²) in [4.78, 5) is 31.0. The molecule has 1 fully saturated rings. The first-order chi connectivity index (χ1) is 19.4. The van der Waals surface area contributed by atoms with E-state index in [9.17, 15) is 9.18 Å². The number of thiophene rings is 1. The number of H-pyrrole nitrogens is 1. The van der Waals surface area contributed by atoms with Gasteiger partial charge < -0.3 is 29.8 Å². The molecule has 12 heteroatoms. The molecular formula is C28H31FN6O4S. The molecule has 0 saturated carbocycles.